The molecule has 0 aliphatic carbocycles. The minimum atomic E-state index is -0.479. The monoisotopic (exact) mass is 424 g/mol. The van der Waals surface area contributed by atoms with Crippen molar-refractivity contribution in [3.8, 4) is 11.5 Å². The predicted octanol–water partition coefficient (Wildman–Crippen LogP) is 3.04. The zero-order valence-electron chi connectivity index (χ0n) is 14.3. The largest absolute Gasteiger partial charge is 0.495 e. The van der Waals surface area contributed by atoms with Gasteiger partial charge < -0.3 is 20.1 Å². The molecule has 138 valence electrons. The highest BCUT2D eigenvalue weighted by Crippen LogP contribution is 2.26. The minimum Gasteiger partial charge on any atom is -0.495 e. The second-order valence-corrected chi connectivity index (χ2v) is 6.25. The summed E-state index contributed by atoms with van der Waals surface area (Å²) in [5.74, 6) is -0.440. The predicted molar refractivity (Wildman–Crippen MR) is 99.0 cm³/mol. The van der Waals surface area contributed by atoms with Crippen molar-refractivity contribution in [2.75, 3.05) is 25.6 Å². The van der Waals surface area contributed by atoms with E-state index < -0.39 is 17.6 Å². The van der Waals surface area contributed by atoms with Gasteiger partial charge in [0.2, 0.25) is 5.91 Å². The van der Waals surface area contributed by atoms with Gasteiger partial charge in [-0.05, 0) is 58.7 Å². The van der Waals surface area contributed by atoms with Crippen LogP contribution in [0.4, 0.5) is 10.1 Å². The molecule has 0 aliphatic rings. The van der Waals surface area contributed by atoms with E-state index in [1.54, 1.807) is 12.1 Å². The number of ether oxygens (including phenoxy) is 2. The van der Waals surface area contributed by atoms with Crippen molar-refractivity contribution in [1.82, 2.24) is 5.32 Å². The van der Waals surface area contributed by atoms with Gasteiger partial charge in [-0.3, -0.25) is 9.59 Å². The van der Waals surface area contributed by atoms with Crippen LogP contribution in [0.2, 0.25) is 0 Å². The fourth-order valence-electron chi connectivity index (χ4n) is 2.08. The van der Waals surface area contributed by atoms with Crippen molar-refractivity contribution in [2.24, 2.45) is 0 Å². The fourth-order valence-corrected chi connectivity index (χ4v) is 2.54. The molecule has 0 bridgehead atoms. The number of rotatable bonds is 7. The van der Waals surface area contributed by atoms with Crippen LogP contribution >= 0.6 is 15.9 Å². The van der Waals surface area contributed by atoms with Crippen LogP contribution < -0.4 is 20.1 Å². The number of methoxy groups -OCH3 is 1. The van der Waals surface area contributed by atoms with E-state index in [2.05, 4.69) is 26.6 Å². The van der Waals surface area contributed by atoms with E-state index >= 15 is 0 Å². The summed E-state index contributed by atoms with van der Waals surface area (Å²) in [6.45, 7) is 1.37. The van der Waals surface area contributed by atoms with E-state index in [-0.39, 0.29) is 13.2 Å². The van der Waals surface area contributed by atoms with Crippen LogP contribution in [0.5, 0.6) is 11.5 Å². The van der Waals surface area contributed by atoms with Gasteiger partial charge in [-0.25, -0.2) is 4.39 Å². The lowest BCUT2D eigenvalue weighted by Crippen LogP contribution is -2.35. The van der Waals surface area contributed by atoms with Crippen molar-refractivity contribution >= 4 is 33.4 Å². The maximum Gasteiger partial charge on any atom is 0.258 e. The molecular weight excluding hydrogens is 407 g/mol. The molecular formula is C18H18BrFN2O4. The molecule has 2 rings (SSSR count). The average molecular weight is 425 g/mol. The highest BCUT2D eigenvalue weighted by molar-refractivity contribution is 9.10. The zero-order valence-corrected chi connectivity index (χ0v) is 15.9. The van der Waals surface area contributed by atoms with Crippen molar-refractivity contribution in [2.45, 2.75) is 6.92 Å². The first-order chi connectivity index (χ1) is 12.4. The number of carbonyl (C=O) groups excluding carboxylic acids is 2. The first-order valence-corrected chi connectivity index (χ1v) is 8.47. The van der Waals surface area contributed by atoms with Crippen LogP contribution in [0.1, 0.15) is 5.56 Å². The van der Waals surface area contributed by atoms with Crippen molar-refractivity contribution < 1.29 is 23.5 Å². The molecule has 0 aromatic heterocycles. The third-order valence-corrected chi connectivity index (χ3v) is 3.95. The third kappa shape index (κ3) is 5.73. The molecule has 6 nitrogen and oxygen atoms in total. The third-order valence-electron chi connectivity index (χ3n) is 3.33. The topological polar surface area (TPSA) is 76.7 Å². The lowest BCUT2D eigenvalue weighted by atomic mass is 10.2. The van der Waals surface area contributed by atoms with Crippen LogP contribution in [-0.4, -0.2) is 32.1 Å². The number of benzene rings is 2. The normalized spacial score (nSPS) is 10.2. The summed E-state index contributed by atoms with van der Waals surface area (Å²) >= 11 is 3.14. The summed E-state index contributed by atoms with van der Waals surface area (Å²) in [5, 5.41) is 5.13. The quantitative estimate of drug-likeness (QED) is 0.715. The van der Waals surface area contributed by atoms with Crippen LogP contribution in [0.25, 0.3) is 0 Å². The van der Waals surface area contributed by atoms with Gasteiger partial charge in [0.1, 0.15) is 17.3 Å². The molecule has 0 aliphatic heterocycles. The van der Waals surface area contributed by atoms with Gasteiger partial charge in [0.05, 0.1) is 23.8 Å². The van der Waals surface area contributed by atoms with Crippen LogP contribution in [-0.2, 0) is 9.59 Å². The van der Waals surface area contributed by atoms with Gasteiger partial charge in [-0.15, -0.1) is 0 Å². The first kappa shape index (κ1) is 19.7. The van der Waals surface area contributed by atoms with E-state index in [0.717, 1.165) is 5.56 Å². The number of carbonyl (C=O) groups is 2. The second-order valence-electron chi connectivity index (χ2n) is 5.39. The van der Waals surface area contributed by atoms with Crippen LogP contribution in [0.3, 0.4) is 0 Å². The Kier molecular flexibility index (Phi) is 6.97. The molecule has 0 atom stereocenters. The summed E-state index contributed by atoms with van der Waals surface area (Å²) in [6.07, 6.45) is 0. The van der Waals surface area contributed by atoms with Crippen LogP contribution in [0.15, 0.2) is 40.9 Å². The molecule has 0 radical (unpaired) electrons. The summed E-state index contributed by atoms with van der Waals surface area (Å²) in [5.41, 5.74) is 1.49. The number of halogens is 2. The van der Waals surface area contributed by atoms with Crippen molar-refractivity contribution in [1.29, 1.82) is 0 Å². The lowest BCUT2D eigenvalue weighted by molar-refractivity contribution is -0.125. The number of anilines is 1. The molecule has 0 heterocycles. The fraction of sp³-hybridized carbons (Fsp3) is 0.222. The molecule has 2 amide bonds. The van der Waals surface area contributed by atoms with E-state index in [1.807, 2.05) is 13.0 Å². The van der Waals surface area contributed by atoms with Gasteiger partial charge in [-0.2, -0.15) is 0 Å². The summed E-state index contributed by atoms with van der Waals surface area (Å²) in [6, 6.07) is 9.24. The zero-order chi connectivity index (χ0) is 19.1. The smallest absolute Gasteiger partial charge is 0.258 e. The first-order valence-electron chi connectivity index (χ1n) is 7.68. The Morgan fingerprint density at radius 1 is 1.12 bits per heavy atom. The van der Waals surface area contributed by atoms with Gasteiger partial charge in [-0.1, -0.05) is 6.07 Å². The number of nitrogens with one attached hydrogen (secondary N) is 2. The molecule has 26 heavy (non-hydrogen) atoms. The van der Waals surface area contributed by atoms with Gasteiger partial charge in [0.15, 0.2) is 6.61 Å². The van der Waals surface area contributed by atoms with Crippen molar-refractivity contribution in [3.05, 3.63) is 52.3 Å². The molecule has 2 aromatic rings. The molecule has 2 N–H and O–H groups in total. The molecule has 8 heteroatoms. The van der Waals surface area contributed by atoms with E-state index in [4.69, 9.17) is 9.47 Å². The highest BCUT2D eigenvalue weighted by atomic mass is 79.9. The molecule has 2 aromatic carbocycles. The number of aryl methyl sites for hydroxylation is 1. The molecule has 0 unspecified atom stereocenters. The van der Waals surface area contributed by atoms with Gasteiger partial charge in [0, 0.05) is 0 Å². The lowest BCUT2D eigenvalue weighted by Gasteiger charge is -2.12. The van der Waals surface area contributed by atoms with Crippen LogP contribution in [0, 0.1) is 12.7 Å². The van der Waals surface area contributed by atoms with Crippen molar-refractivity contribution in [3.63, 3.8) is 0 Å². The number of hydrogen-bond donors (Lipinski definition) is 2. The molecule has 0 saturated heterocycles. The molecule has 0 fully saturated rings. The average Bonchev–Trinajstić information content (AvgIpc) is 2.59. The van der Waals surface area contributed by atoms with Gasteiger partial charge in [0.25, 0.3) is 5.91 Å². The number of amides is 2. The second kappa shape index (κ2) is 9.19. The molecule has 0 spiro atoms. The Balaban J connectivity index is 1.81. The van der Waals surface area contributed by atoms with E-state index in [1.165, 1.54) is 25.3 Å². The highest BCUT2D eigenvalue weighted by Gasteiger charge is 2.11. The maximum absolute atomic E-state index is 13.0. The summed E-state index contributed by atoms with van der Waals surface area (Å²) in [7, 11) is 1.51. The Labute approximate surface area is 158 Å². The Bertz CT molecular complexity index is 814. The van der Waals surface area contributed by atoms with Gasteiger partial charge >= 0.3 is 0 Å². The summed E-state index contributed by atoms with van der Waals surface area (Å²) < 4.78 is 23.9. The standard InChI is InChI=1S/C18H18BrFN2O4/c1-11-3-5-16(25-2)14(7-11)22-17(23)9-21-18(24)10-26-15-6-4-12(20)8-13(15)19/h3-8H,9-10H2,1-2H3,(H,21,24)(H,22,23). The van der Waals surface area contributed by atoms with E-state index in [9.17, 15) is 14.0 Å². The maximum atomic E-state index is 13.0. The minimum absolute atomic E-state index is 0.218. The Hall–Kier alpha value is -2.61. The summed E-state index contributed by atoms with van der Waals surface area (Å²) in [4.78, 5) is 23.8. The Morgan fingerprint density at radius 2 is 1.85 bits per heavy atom. The SMILES string of the molecule is COc1ccc(C)cc1NC(=O)CNC(=O)COc1ccc(F)cc1Br. The Morgan fingerprint density at radius 3 is 2.54 bits per heavy atom. The number of hydrogen-bond acceptors (Lipinski definition) is 4. The molecule has 0 saturated carbocycles. The van der Waals surface area contributed by atoms with E-state index in [0.29, 0.717) is 21.7 Å².